The molecule has 0 saturated heterocycles. The molecule has 3 unspecified atom stereocenters. The first-order valence-corrected chi connectivity index (χ1v) is 10.2. The van der Waals surface area contributed by atoms with E-state index in [9.17, 15) is 9.59 Å². The minimum atomic E-state index is -0.844. The second-order valence-corrected chi connectivity index (χ2v) is 8.63. The minimum Gasteiger partial charge on any atom is -0.381 e. The molecule has 0 radical (unpaired) electrons. The highest BCUT2D eigenvalue weighted by atomic mass is 32.2. The number of aryl methyl sites for hydroxylation is 1. The van der Waals surface area contributed by atoms with E-state index in [4.69, 9.17) is 11.1 Å². The van der Waals surface area contributed by atoms with Crippen LogP contribution in [0.4, 0.5) is 0 Å². The predicted molar refractivity (Wildman–Crippen MR) is 112 cm³/mol. The second-order valence-electron chi connectivity index (χ2n) is 7.15. The van der Waals surface area contributed by atoms with Crippen molar-refractivity contribution >= 4 is 34.2 Å². The Hall–Kier alpha value is -2.61. The molecular formula is C20H25N5O2S. The van der Waals surface area contributed by atoms with Gasteiger partial charge in [0.05, 0.1) is 11.6 Å². The Morgan fingerprint density at radius 2 is 2.21 bits per heavy atom. The Morgan fingerprint density at radius 1 is 1.43 bits per heavy atom. The number of amides is 1. The van der Waals surface area contributed by atoms with Crippen LogP contribution in [0.5, 0.6) is 0 Å². The average Bonchev–Trinajstić information content (AvgIpc) is 3.26. The van der Waals surface area contributed by atoms with Gasteiger partial charge in [0, 0.05) is 23.4 Å². The molecule has 0 spiro atoms. The van der Waals surface area contributed by atoms with Crippen molar-refractivity contribution in [2.45, 2.75) is 37.5 Å². The molecule has 8 heteroatoms. The van der Waals surface area contributed by atoms with Gasteiger partial charge in [-0.3, -0.25) is 19.7 Å². The van der Waals surface area contributed by atoms with Crippen LogP contribution < -0.4 is 11.1 Å². The third-order valence-electron chi connectivity index (χ3n) is 4.77. The average molecular weight is 400 g/mol. The van der Waals surface area contributed by atoms with E-state index in [-0.39, 0.29) is 11.8 Å². The van der Waals surface area contributed by atoms with Crippen LogP contribution in [-0.4, -0.2) is 38.6 Å². The molecule has 3 atom stereocenters. The SMILES string of the molecule is CC1CC=C(c2nn(C)cc2C(=O)NC(CC2C=CC=CC2)C(=O)C(=N)N)S1. The molecule has 2 heterocycles. The number of Topliss-reactive ketones (excluding diaryl/α,β-unsaturated/α-hetero) is 1. The monoisotopic (exact) mass is 399 g/mol. The Kier molecular flexibility index (Phi) is 6.18. The molecule has 4 N–H and O–H groups in total. The number of ketones is 1. The number of carbonyl (C=O) groups is 2. The first-order valence-electron chi connectivity index (χ1n) is 9.28. The maximum Gasteiger partial charge on any atom is 0.255 e. The van der Waals surface area contributed by atoms with E-state index in [1.54, 1.807) is 29.7 Å². The maximum absolute atomic E-state index is 13.0. The number of aromatic nitrogens is 2. The van der Waals surface area contributed by atoms with E-state index in [2.05, 4.69) is 23.4 Å². The van der Waals surface area contributed by atoms with Gasteiger partial charge in [-0.25, -0.2) is 0 Å². The van der Waals surface area contributed by atoms with Crippen LogP contribution in [0.1, 0.15) is 42.2 Å². The minimum absolute atomic E-state index is 0.112. The highest BCUT2D eigenvalue weighted by Gasteiger charge is 2.29. The maximum atomic E-state index is 13.0. The smallest absolute Gasteiger partial charge is 0.255 e. The summed E-state index contributed by atoms with van der Waals surface area (Å²) in [4.78, 5) is 26.4. The van der Waals surface area contributed by atoms with Gasteiger partial charge in [0.1, 0.15) is 5.69 Å². The lowest BCUT2D eigenvalue weighted by Crippen LogP contribution is -2.46. The van der Waals surface area contributed by atoms with E-state index >= 15 is 0 Å². The second kappa shape index (κ2) is 8.60. The van der Waals surface area contributed by atoms with Gasteiger partial charge < -0.3 is 11.1 Å². The highest BCUT2D eigenvalue weighted by molar-refractivity contribution is 8.09. The van der Waals surface area contributed by atoms with Crippen molar-refractivity contribution in [2.75, 3.05) is 0 Å². The van der Waals surface area contributed by atoms with Crippen molar-refractivity contribution in [1.29, 1.82) is 5.41 Å². The largest absolute Gasteiger partial charge is 0.381 e. The molecule has 0 fully saturated rings. The third kappa shape index (κ3) is 4.62. The number of carbonyl (C=O) groups excluding carboxylic acids is 2. The standard InChI is InChI=1S/C20H25N5O2S/c1-12-8-9-16(28-12)17-14(11-25(2)24-17)20(27)23-15(18(26)19(21)22)10-13-6-4-3-5-7-13/h3-6,9,11-13,15H,7-8,10H2,1-2H3,(H3,21,22)(H,23,27). The van der Waals surface area contributed by atoms with Crippen molar-refractivity contribution in [3.63, 3.8) is 0 Å². The number of amidine groups is 1. The molecule has 148 valence electrons. The summed E-state index contributed by atoms with van der Waals surface area (Å²) in [6, 6.07) is -0.844. The lowest BCUT2D eigenvalue weighted by atomic mass is 9.91. The summed E-state index contributed by atoms with van der Waals surface area (Å²) >= 11 is 1.69. The Labute approximate surface area is 168 Å². The van der Waals surface area contributed by atoms with E-state index in [1.807, 2.05) is 24.3 Å². The van der Waals surface area contributed by atoms with Gasteiger partial charge >= 0.3 is 0 Å². The Morgan fingerprint density at radius 3 is 2.82 bits per heavy atom. The summed E-state index contributed by atoms with van der Waals surface area (Å²) < 4.78 is 1.60. The zero-order chi connectivity index (χ0) is 20.3. The molecule has 1 aromatic heterocycles. The molecule has 28 heavy (non-hydrogen) atoms. The highest BCUT2D eigenvalue weighted by Crippen LogP contribution is 2.39. The fourth-order valence-electron chi connectivity index (χ4n) is 3.34. The molecule has 1 aliphatic carbocycles. The van der Waals surface area contributed by atoms with Gasteiger partial charge in [-0.1, -0.05) is 37.3 Å². The zero-order valence-corrected chi connectivity index (χ0v) is 16.8. The van der Waals surface area contributed by atoms with E-state index < -0.39 is 17.7 Å². The van der Waals surface area contributed by atoms with Crippen LogP contribution in [0.3, 0.4) is 0 Å². The first-order chi connectivity index (χ1) is 13.3. The van der Waals surface area contributed by atoms with E-state index in [0.717, 1.165) is 17.7 Å². The van der Waals surface area contributed by atoms with Gasteiger partial charge in [-0.15, -0.1) is 11.8 Å². The van der Waals surface area contributed by atoms with Crippen LogP contribution in [0, 0.1) is 11.3 Å². The van der Waals surface area contributed by atoms with Crippen LogP contribution in [0.2, 0.25) is 0 Å². The Balaban J connectivity index is 1.80. The van der Waals surface area contributed by atoms with Crippen LogP contribution in [-0.2, 0) is 11.8 Å². The normalized spacial score (nSPS) is 22.0. The van der Waals surface area contributed by atoms with Crippen LogP contribution in [0.25, 0.3) is 4.91 Å². The van der Waals surface area contributed by atoms with Crippen molar-refractivity contribution in [3.05, 3.63) is 47.8 Å². The molecule has 2 aliphatic rings. The van der Waals surface area contributed by atoms with Gasteiger partial charge in [0.15, 0.2) is 5.84 Å². The zero-order valence-electron chi connectivity index (χ0n) is 16.0. The van der Waals surface area contributed by atoms with Gasteiger partial charge in [0.2, 0.25) is 5.78 Å². The third-order valence-corrected chi connectivity index (χ3v) is 5.97. The van der Waals surface area contributed by atoms with E-state index in [1.165, 1.54) is 0 Å². The van der Waals surface area contributed by atoms with Crippen molar-refractivity contribution in [2.24, 2.45) is 18.7 Å². The summed E-state index contributed by atoms with van der Waals surface area (Å²) in [6.45, 7) is 2.13. The van der Waals surface area contributed by atoms with Gasteiger partial charge in [-0.2, -0.15) is 5.10 Å². The quantitative estimate of drug-likeness (QED) is 0.481. The van der Waals surface area contributed by atoms with Crippen molar-refractivity contribution in [3.8, 4) is 0 Å². The summed E-state index contributed by atoms with van der Waals surface area (Å²) in [5.74, 6) is -1.38. The molecule has 7 nitrogen and oxygen atoms in total. The number of thioether (sulfide) groups is 1. The fourth-order valence-corrected chi connectivity index (χ4v) is 4.42. The lowest BCUT2D eigenvalue weighted by Gasteiger charge is -2.21. The van der Waals surface area contributed by atoms with Gasteiger partial charge in [0.25, 0.3) is 5.91 Å². The fraction of sp³-hybridized carbons (Fsp3) is 0.400. The lowest BCUT2D eigenvalue weighted by molar-refractivity contribution is -0.115. The number of nitrogens with zero attached hydrogens (tertiary/aromatic N) is 2. The molecular weight excluding hydrogens is 374 g/mol. The number of nitrogens with one attached hydrogen (secondary N) is 2. The molecule has 3 rings (SSSR count). The van der Waals surface area contributed by atoms with Crippen molar-refractivity contribution < 1.29 is 9.59 Å². The number of rotatable bonds is 7. The van der Waals surface area contributed by atoms with Gasteiger partial charge in [-0.05, 0) is 25.2 Å². The first kappa shape index (κ1) is 20.1. The molecule has 0 bridgehead atoms. The summed E-state index contributed by atoms with van der Waals surface area (Å²) in [6.07, 6.45) is 13.8. The van der Waals surface area contributed by atoms with Crippen LogP contribution >= 0.6 is 11.8 Å². The molecule has 0 saturated carbocycles. The molecule has 0 aromatic carbocycles. The number of nitrogens with two attached hydrogens (primary N) is 1. The molecule has 1 aliphatic heterocycles. The molecule has 1 amide bonds. The topological polar surface area (TPSA) is 114 Å². The summed E-state index contributed by atoms with van der Waals surface area (Å²) in [7, 11) is 1.77. The number of hydrogen-bond donors (Lipinski definition) is 3. The number of hydrogen-bond acceptors (Lipinski definition) is 5. The number of allylic oxidation sites excluding steroid dienone is 5. The van der Waals surface area contributed by atoms with Crippen molar-refractivity contribution in [1.82, 2.24) is 15.1 Å². The predicted octanol–water partition coefficient (Wildman–Crippen LogP) is 2.41. The summed E-state index contributed by atoms with van der Waals surface area (Å²) in [5.41, 5.74) is 6.48. The molecule has 1 aromatic rings. The van der Waals surface area contributed by atoms with E-state index in [0.29, 0.717) is 22.9 Å². The Bertz CT molecular complexity index is 883. The summed E-state index contributed by atoms with van der Waals surface area (Å²) in [5, 5.41) is 15.2. The van der Waals surface area contributed by atoms with Crippen LogP contribution in [0.15, 0.2) is 36.6 Å².